The third-order valence-electron chi connectivity index (χ3n) is 3.38. The third kappa shape index (κ3) is 1.20. The molecule has 1 aliphatic heterocycles. The van der Waals surface area contributed by atoms with Crippen molar-refractivity contribution in [1.82, 2.24) is 0 Å². The molecule has 0 aromatic rings. The molecule has 0 aromatic heterocycles. The first-order valence-electron chi connectivity index (χ1n) is 4.69. The van der Waals surface area contributed by atoms with Gasteiger partial charge in [0.1, 0.15) is 0 Å². The molecule has 11 heavy (non-hydrogen) atoms. The van der Waals surface area contributed by atoms with Crippen LogP contribution in [0.5, 0.6) is 0 Å². The highest BCUT2D eigenvalue weighted by atomic mass is 16.5. The van der Waals surface area contributed by atoms with E-state index in [1.54, 1.807) is 0 Å². The van der Waals surface area contributed by atoms with Gasteiger partial charge in [-0.2, -0.15) is 0 Å². The Bertz CT molecular complexity index is 145. The summed E-state index contributed by atoms with van der Waals surface area (Å²) in [5.74, 6) is 1.82. The molecule has 0 bridgehead atoms. The summed E-state index contributed by atoms with van der Waals surface area (Å²) in [4.78, 5) is 0. The fourth-order valence-electron chi connectivity index (χ4n) is 2.30. The molecule has 0 amide bonds. The van der Waals surface area contributed by atoms with E-state index in [0.29, 0.717) is 11.5 Å². The fraction of sp³-hybridized carbons (Fsp3) is 1.00. The number of hydrogen-bond acceptors (Lipinski definition) is 1. The van der Waals surface area contributed by atoms with Crippen molar-refractivity contribution in [2.24, 2.45) is 17.3 Å². The molecule has 0 spiro atoms. The Labute approximate surface area is 69.1 Å². The zero-order valence-electron chi connectivity index (χ0n) is 7.76. The average Bonchev–Trinajstić information content (AvgIpc) is 2.06. The molecule has 1 heteroatoms. The number of fused-ring (bicyclic) bond motifs is 1. The van der Waals surface area contributed by atoms with Gasteiger partial charge in [-0.15, -0.1) is 0 Å². The zero-order valence-corrected chi connectivity index (χ0v) is 7.76. The Hall–Kier alpha value is -0.0400. The van der Waals surface area contributed by atoms with Crippen LogP contribution in [0.3, 0.4) is 0 Å². The van der Waals surface area contributed by atoms with Crippen LogP contribution >= 0.6 is 0 Å². The fourth-order valence-corrected chi connectivity index (χ4v) is 2.30. The lowest BCUT2D eigenvalue weighted by atomic mass is 9.79. The van der Waals surface area contributed by atoms with Gasteiger partial charge in [0.2, 0.25) is 0 Å². The van der Waals surface area contributed by atoms with Crippen LogP contribution in [-0.4, -0.2) is 12.7 Å². The maximum absolute atomic E-state index is 5.48. The van der Waals surface area contributed by atoms with Crippen molar-refractivity contribution in [1.29, 1.82) is 0 Å². The first kappa shape index (κ1) is 7.60. The van der Waals surface area contributed by atoms with Crippen LogP contribution in [0.25, 0.3) is 0 Å². The summed E-state index contributed by atoms with van der Waals surface area (Å²) in [6, 6.07) is 0. The summed E-state index contributed by atoms with van der Waals surface area (Å²) >= 11 is 0. The lowest BCUT2D eigenvalue weighted by Crippen LogP contribution is -2.34. The summed E-state index contributed by atoms with van der Waals surface area (Å²) in [6.45, 7) is 8.09. The van der Waals surface area contributed by atoms with Crippen molar-refractivity contribution in [2.75, 3.05) is 6.61 Å². The quantitative estimate of drug-likeness (QED) is 0.521. The molecular formula is C10H18O. The maximum atomic E-state index is 5.48. The highest BCUT2D eigenvalue weighted by Crippen LogP contribution is 2.47. The normalized spacial score (nSPS) is 43.4. The van der Waals surface area contributed by atoms with Crippen LogP contribution in [-0.2, 0) is 4.74 Å². The lowest BCUT2D eigenvalue weighted by molar-refractivity contribution is -0.0942. The summed E-state index contributed by atoms with van der Waals surface area (Å²) in [5.41, 5.74) is 0.501. The summed E-state index contributed by atoms with van der Waals surface area (Å²) in [5, 5.41) is 0. The van der Waals surface area contributed by atoms with Gasteiger partial charge in [0, 0.05) is 5.92 Å². The van der Waals surface area contributed by atoms with Gasteiger partial charge in [0.15, 0.2) is 0 Å². The number of hydrogen-bond donors (Lipinski definition) is 0. The van der Waals surface area contributed by atoms with E-state index in [-0.39, 0.29) is 0 Å². The molecule has 1 saturated carbocycles. The Morgan fingerprint density at radius 1 is 1.18 bits per heavy atom. The molecular weight excluding hydrogens is 136 g/mol. The van der Waals surface area contributed by atoms with E-state index in [1.807, 2.05) is 0 Å². The molecule has 2 rings (SSSR count). The van der Waals surface area contributed by atoms with Crippen LogP contribution in [0.15, 0.2) is 0 Å². The summed E-state index contributed by atoms with van der Waals surface area (Å²) in [6.07, 6.45) is 3.36. The minimum atomic E-state index is 0.501. The molecule has 0 N–H and O–H groups in total. The van der Waals surface area contributed by atoms with Crippen molar-refractivity contribution >= 4 is 0 Å². The van der Waals surface area contributed by atoms with Crippen molar-refractivity contribution in [3.8, 4) is 0 Å². The molecule has 64 valence electrons. The molecule has 1 saturated heterocycles. The predicted molar refractivity (Wildman–Crippen MR) is 45.4 cm³/mol. The molecule has 2 aliphatic rings. The number of ether oxygens (including phenoxy) is 1. The topological polar surface area (TPSA) is 9.23 Å². The average molecular weight is 154 g/mol. The van der Waals surface area contributed by atoms with E-state index in [4.69, 9.17) is 4.74 Å². The first-order chi connectivity index (χ1) is 5.07. The van der Waals surface area contributed by atoms with E-state index in [2.05, 4.69) is 20.8 Å². The Morgan fingerprint density at radius 2 is 1.91 bits per heavy atom. The Morgan fingerprint density at radius 3 is 2.18 bits per heavy atom. The molecule has 2 fully saturated rings. The van der Waals surface area contributed by atoms with Gasteiger partial charge in [-0.1, -0.05) is 20.8 Å². The second kappa shape index (κ2) is 2.22. The van der Waals surface area contributed by atoms with Gasteiger partial charge >= 0.3 is 0 Å². The molecule has 1 nitrogen and oxygen atoms in total. The molecule has 1 aliphatic carbocycles. The van der Waals surface area contributed by atoms with Gasteiger partial charge in [0.05, 0.1) is 12.7 Å². The Kier molecular flexibility index (Phi) is 1.54. The van der Waals surface area contributed by atoms with Crippen LogP contribution in [0, 0.1) is 17.3 Å². The molecule has 0 radical (unpaired) electrons. The van der Waals surface area contributed by atoms with E-state index in [1.165, 1.54) is 12.8 Å². The van der Waals surface area contributed by atoms with Crippen LogP contribution in [0.4, 0.5) is 0 Å². The molecule has 3 atom stereocenters. The van der Waals surface area contributed by atoms with Crippen molar-refractivity contribution in [2.45, 2.75) is 39.7 Å². The Balaban J connectivity index is 1.98. The van der Waals surface area contributed by atoms with Gasteiger partial charge in [0.25, 0.3) is 0 Å². The second-order valence-electron chi connectivity index (χ2n) is 5.17. The largest absolute Gasteiger partial charge is 0.377 e. The van der Waals surface area contributed by atoms with Gasteiger partial charge in [-0.3, -0.25) is 0 Å². The van der Waals surface area contributed by atoms with E-state index in [0.717, 1.165) is 18.4 Å². The van der Waals surface area contributed by atoms with Crippen LogP contribution < -0.4 is 0 Å². The van der Waals surface area contributed by atoms with Crippen molar-refractivity contribution < 1.29 is 4.74 Å². The highest BCUT2D eigenvalue weighted by Gasteiger charge is 2.45. The molecule has 1 heterocycles. The molecule has 0 aromatic carbocycles. The zero-order chi connectivity index (χ0) is 8.06. The van der Waals surface area contributed by atoms with Crippen molar-refractivity contribution in [3.63, 3.8) is 0 Å². The number of rotatable bonds is 0. The predicted octanol–water partition coefficient (Wildman–Crippen LogP) is 2.46. The minimum absolute atomic E-state index is 0.501. The highest BCUT2D eigenvalue weighted by molar-refractivity contribution is 4.93. The third-order valence-corrected chi connectivity index (χ3v) is 3.38. The van der Waals surface area contributed by atoms with E-state index >= 15 is 0 Å². The lowest BCUT2D eigenvalue weighted by Gasteiger charge is -2.30. The summed E-state index contributed by atoms with van der Waals surface area (Å²) < 4.78 is 5.48. The van der Waals surface area contributed by atoms with E-state index < -0.39 is 0 Å². The maximum Gasteiger partial charge on any atom is 0.0628 e. The first-order valence-corrected chi connectivity index (χ1v) is 4.69. The van der Waals surface area contributed by atoms with Crippen molar-refractivity contribution in [3.05, 3.63) is 0 Å². The monoisotopic (exact) mass is 154 g/mol. The van der Waals surface area contributed by atoms with E-state index in [9.17, 15) is 0 Å². The second-order valence-corrected chi connectivity index (χ2v) is 5.17. The standard InChI is InChI=1S/C10H18O/c1-10(2,3)8-4-7-6-11-9(7)5-8/h7-9H,4-6H2,1-3H3. The van der Waals surface area contributed by atoms with Gasteiger partial charge in [-0.25, -0.2) is 0 Å². The van der Waals surface area contributed by atoms with Gasteiger partial charge < -0.3 is 4.74 Å². The SMILES string of the molecule is CC(C)(C)C1CC2COC2C1. The van der Waals surface area contributed by atoms with Gasteiger partial charge in [-0.05, 0) is 24.2 Å². The molecule has 3 unspecified atom stereocenters. The summed E-state index contributed by atoms with van der Waals surface area (Å²) in [7, 11) is 0. The smallest absolute Gasteiger partial charge is 0.0628 e. The van der Waals surface area contributed by atoms with Crippen LogP contribution in [0.1, 0.15) is 33.6 Å². The van der Waals surface area contributed by atoms with Crippen LogP contribution in [0.2, 0.25) is 0 Å². The minimum Gasteiger partial charge on any atom is -0.377 e.